The number of hydrogen-bond acceptors (Lipinski definition) is 3. The van der Waals surface area contributed by atoms with E-state index in [4.69, 9.17) is 9.84 Å². The summed E-state index contributed by atoms with van der Waals surface area (Å²) in [6.07, 6.45) is 0.0983. The summed E-state index contributed by atoms with van der Waals surface area (Å²) in [5, 5.41) is 13.4. The smallest absolute Gasteiger partial charge is 0.303 e. The highest BCUT2D eigenvalue weighted by atomic mass is 19.1. The Labute approximate surface area is 157 Å². The van der Waals surface area contributed by atoms with Crippen LogP contribution >= 0.6 is 0 Å². The van der Waals surface area contributed by atoms with Gasteiger partial charge in [0.25, 0.3) is 0 Å². The van der Waals surface area contributed by atoms with Crippen molar-refractivity contribution in [3.8, 4) is 5.75 Å². The summed E-state index contributed by atoms with van der Waals surface area (Å²) in [6.45, 7) is 6.73. The number of fused-ring (bicyclic) bond motifs is 1. The molecule has 0 aliphatic heterocycles. The van der Waals surface area contributed by atoms with Crippen LogP contribution in [-0.4, -0.2) is 20.9 Å². The van der Waals surface area contributed by atoms with Gasteiger partial charge in [-0.15, -0.1) is 5.10 Å². The van der Waals surface area contributed by atoms with Gasteiger partial charge in [0.05, 0.1) is 17.3 Å². The number of rotatable bonds is 7. The number of aliphatic carboxylic acids is 1. The van der Waals surface area contributed by atoms with E-state index < -0.39 is 11.9 Å². The summed E-state index contributed by atoms with van der Waals surface area (Å²) in [4.78, 5) is 10.8. The molecule has 0 spiro atoms. The lowest BCUT2D eigenvalue weighted by Gasteiger charge is -2.13. The Morgan fingerprint density at radius 3 is 2.59 bits per heavy atom. The van der Waals surface area contributed by atoms with Crippen LogP contribution in [0.15, 0.2) is 36.4 Å². The molecule has 0 fully saturated rings. The van der Waals surface area contributed by atoms with E-state index in [0.717, 1.165) is 22.2 Å². The van der Waals surface area contributed by atoms with Crippen molar-refractivity contribution in [2.45, 2.75) is 46.3 Å². The summed E-state index contributed by atoms with van der Waals surface area (Å²) >= 11 is 0. The first-order chi connectivity index (χ1) is 12.9. The van der Waals surface area contributed by atoms with Crippen molar-refractivity contribution in [3.05, 3.63) is 59.0 Å². The van der Waals surface area contributed by atoms with Crippen LogP contribution in [0.2, 0.25) is 0 Å². The Morgan fingerprint density at radius 1 is 1.26 bits per heavy atom. The molecule has 2 aromatic carbocycles. The van der Waals surface area contributed by atoms with Crippen molar-refractivity contribution >= 4 is 16.9 Å². The Morgan fingerprint density at radius 2 is 1.96 bits per heavy atom. The number of ether oxygens (including phenoxy) is 1. The molecule has 1 atom stereocenters. The lowest BCUT2D eigenvalue weighted by atomic mass is 9.98. The highest BCUT2D eigenvalue weighted by molar-refractivity contribution is 5.83. The molecule has 5 nitrogen and oxygen atoms in total. The fourth-order valence-corrected chi connectivity index (χ4v) is 3.27. The third-order valence-corrected chi connectivity index (χ3v) is 4.86. The molecule has 27 heavy (non-hydrogen) atoms. The maximum absolute atomic E-state index is 13.9. The molecule has 142 valence electrons. The van der Waals surface area contributed by atoms with E-state index in [1.165, 1.54) is 0 Å². The second kappa shape index (κ2) is 7.78. The van der Waals surface area contributed by atoms with Crippen molar-refractivity contribution in [1.29, 1.82) is 0 Å². The van der Waals surface area contributed by atoms with Crippen molar-refractivity contribution in [2.24, 2.45) is 0 Å². The third-order valence-electron chi connectivity index (χ3n) is 4.86. The first-order valence-corrected chi connectivity index (χ1v) is 8.99. The van der Waals surface area contributed by atoms with Crippen molar-refractivity contribution in [2.75, 3.05) is 0 Å². The lowest BCUT2D eigenvalue weighted by molar-refractivity contribution is -0.137. The highest BCUT2D eigenvalue weighted by Crippen LogP contribution is 2.26. The van der Waals surface area contributed by atoms with Crippen LogP contribution in [-0.2, 0) is 17.9 Å². The summed E-state index contributed by atoms with van der Waals surface area (Å²) in [7, 11) is 0. The van der Waals surface area contributed by atoms with E-state index >= 15 is 0 Å². The number of carboxylic acids is 1. The SMILES string of the molecule is CCn1nc(F)c2ccc(COc3ccc(C(C)CC(=O)O)cc3)c(C)c21. The van der Waals surface area contributed by atoms with Crippen molar-refractivity contribution < 1.29 is 19.0 Å². The molecule has 0 aliphatic rings. The zero-order chi connectivity index (χ0) is 19.6. The molecule has 3 aromatic rings. The van der Waals surface area contributed by atoms with E-state index in [9.17, 15) is 9.18 Å². The number of hydrogen-bond donors (Lipinski definition) is 1. The average Bonchev–Trinajstić information content (AvgIpc) is 2.98. The van der Waals surface area contributed by atoms with Gasteiger partial charge < -0.3 is 9.84 Å². The zero-order valence-corrected chi connectivity index (χ0v) is 15.7. The van der Waals surface area contributed by atoms with Crippen LogP contribution in [0.3, 0.4) is 0 Å². The fraction of sp³-hybridized carbons (Fsp3) is 0.333. The second-order valence-corrected chi connectivity index (χ2v) is 6.71. The Bertz CT molecular complexity index is 964. The standard InChI is InChI=1S/C21H23FN2O3/c1-4-24-20-14(3)16(7-10-18(20)21(22)23-24)12-27-17-8-5-15(6-9-17)13(2)11-19(25)26/h5-10,13H,4,11-12H2,1-3H3,(H,25,26). The Balaban J connectivity index is 1.75. The average molecular weight is 370 g/mol. The van der Waals surface area contributed by atoms with E-state index in [1.807, 2.05) is 51.1 Å². The molecule has 1 N–H and O–H groups in total. The van der Waals surface area contributed by atoms with Gasteiger partial charge in [-0.1, -0.05) is 25.1 Å². The van der Waals surface area contributed by atoms with Crippen molar-refractivity contribution in [3.63, 3.8) is 0 Å². The first-order valence-electron chi connectivity index (χ1n) is 8.99. The molecule has 0 aliphatic carbocycles. The molecule has 3 rings (SSSR count). The maximum Gasteiger partial charge on any atom is 0.303 e. The molecular weight excluding hydrogens is 347 g/mol. The minimum atomic E-state index is -0.809. The molecule has 0 saturated carbocycles. The third kappa shape index (κ3) is 3.94. The van der Waals surface area contributed by atoms with Crippen molar-refractivity contribution in [1.82, 2.24) is 9.78 Å². The van der Waals surface area contributed by atoms with E-state index in [1.54, 1.807) is 10.7 Å². The number of benzene rings is 2. The number of carboxylic acid groups (broad SMARTS) is 1. The summed E-state index contributed by atoms with van der Waals surface area (Å²) in [5.74, 6) is -0.605. The minimum Gasteiger partial charge on any atom is -0.489 e. The highest BCUT2D eigenvalue weighted by Gasteiger charge is 2.14. The Hall–Kier alpha value is -2.89. The molecule has 0 bridgehead atoms. The normalized spacial score (nSPS) is 12.3. The minimum absolute atomic E-state index is 0.0505. The van der Waals surface area contributed by atoms with Gasteiger partial charge in [-0.25, -0.2) is 0 Å². The molecule has 0 saturated heterocycles. The predicted molar refractivity (Wildman–Crippen MR) is 102 cm³/mol. The van der Waals surface area contributed by atoms with Gasteiger partial charge in [-0.3, -0.25) is 9.48 Å². The second-order valence-electron chi connectivity index (χ2n) is 6.71. The van der Waals surface area contributed by atoms with Crippen LogP contribution in [0.4, 0.5) is 4.39 Å². The fourth-order valence-electron chi connectivity index (χ4n) is 3.27. The lowest BCUT2D eigenvalue weighted by Crippen LogP contribution is -2.03. The summed E-state index contributed by atoms with van der Waals surface area (Å²) in [5.41, 5.74) is 3.69. The quantitative estimate of drug-likeness (QED) is 0.657. The number of nitrogens with zero attached hydrogens (tertiary/aromatic N) is 2. The molecule has 1 heterocycles. The van der Waals surface area contributed by atoms with Crippen LogP contribution in [0.25, 0.3) is 10.9 Å². The molecule has 6 heteroatoms. The van der Waals surface area contributed by atoms with Gasteiger partial charge in [-0.05, 0) is 54.7 Å². The zero-order valence-electron chi connectivity index (χ0n) is 15.7. The van der Waals surface area contributed by atoms with Crippen LogP contribution < -0.4 is 4.74 Å². The molecule has 1 unspecified atom stereocenters. The van der Waals surface area contributed by atoms with Crippen LogP contribution in [0.1, 0.15) is 42.9 Å². The van der Waals surface area contributed by atoms with Crippen LogP contribution in [0.5, 0.6) is 5.75 Å². The summed E-state index contributed by atoms with van der Waals surface area (Å²) < 4.78 is 21.5. The Kier molecular flexibility index (Phi) is 5.44. The molecule has 0 amide bonds. The monoisotopic (exact) mass is 370 g/mol. The van der Waals surface area contributed by atoms with Crippen LogP contribution in [0, 0.1) is 12.9 Å². The molecule has 0 radical (unpaired) electrons. The van der Waals surface area contributed by atoms with Gasteiger partial charge in [0.15, 0.2) is 0 Å². The van der Waals surface area contributed by atoms with E-state index in [0.29, 0.717) is 24.3 Å². The van der Waals surface area contributed by atoms with Gasteiger partial charge in [0, 0.05) is 6.54 Å². The predicted octanol–water partition coefficient (Wildman–Crippen LogP) is 4.66. The number of aryl methyl sites for hydroxylation is 2. The maximum atomic E-state index is 13.9. The van der Waals surface area contributed by atoms with Gasteiger partial charge in [-0.2, -0.15) is 4.39 Å². The number of carbonyl (C=O) groups is 1. The van der Waals surface area contributed by atoms with E-state index in [2.05, 4.69) is 5.10 Å². The van der Waals surface area contributed by atoms with E-state index in [-0.39, 0.29) is 12.3 Å². The summed E-state index contributed by atoms with van der Waals surface area (Å²) in [6, 6.07) is 11.1. The number of aromatic nitrogens is 2. The van der Waals surface area contributed by atoms with Gasteiger partial charge >= 0.3 is 5.97 Å². The number of halogens is 1. The first kappa shape index (κ1) is 18.9. The van der Waals surface area contributed by atoms with Gasteiger partial charge in [0.2, 0.25) is 5.95 Å². The van der Waals surface area contributed by atoms with Gasteiger partial charge in [0.1, 0.15) is 12.4 Å². The topological polar surface area (TPSA) is 64.4 Å². The molecular formula is C21H23FN2O3. The molecule has 1 aromatic heterocycles. The largest absolute Gasteiger partial charge is 0.489 e.